The molecule has 0 aliphatic heterocycles. The molecule has 0 aliphatic rings. The molecule has 6 heteroatoms. The second kappa shape index (κ2) is 19.8. The summed E-state index contributed by atoms with van der Waals surface area (Å²) in [5, 5.41) is 9.16. The molecule has 0 saturated carbocycles. The minimum Gasteiger partial charge on any atom is -0.748 e. The van der Waals surface area contributed by atoms with Crippen LogP contribution in [0.1, 0.15) is 117 Å². The molecule has 0 rings (SSSR count). The molecule has 0 aromatic rings. The van der Waals surface area contributed by atoms with Gasteiger partial charge in [-0.3, -0.25) is 0 Å². The zero-order valence-corrected chi connectivity index (χ0v) is 21.5. The van der Waals surface area contributed by atoms with E-state index in [0.29, 0.717) is 12.8 Å². The minimum atomic E-state index is -4.18. The molecule has 0 spiro atoms. The van der Waals surface area contributed by atoms with Crippen LogP contribution in [0.25, 0.3) is 0 Å². The first-order chi connectivity index (χ1) is 11.9. The first kappa shape index (κ1) is 29.7. The molecule has 152 valence electrons. The Morgan fingerprint density at radius 2 is 1.04 bits per heavy atom. The van der Waals surface area contributed by atoms with E-state index in [2.05, 4.69) is 13.8 Å². The van der Waals surface area contributed by atoms with Gasteiger partial charge in [0.2, 0.25) is 0 Å². The van der Waals surface area contributed by atoms with Crippen LogP contribution in [0.5, 0.6) is 0 Å². The molecule has 0 aromatic carbocycles. The van der Waals surface area contributed by atoms with Gasteiger partial charge in [-0.05, 0) is 25.7 Å². The van der Waals surface area contributed by atoms with Gasteiger partial charge in [-0.2, -0.15) is 0 Å². The summed E-state index contributed by atoms with van der Waals surface area (Å²) in [6.07, 6.45) is 15.0. The second-order valence-electron chi connectivity index (χ2n) is 7.46. The van der Waals surface area contributed by atoms with Crippen molar-refractivity contribution in [1.82, 2.24) is 0 Å². The Kier molecular flexibility index (Phi) is 22.6. The van der Waals surface area contributed by atoms with Gasteiger partial charge in [-0.1, -0.05) is 90.9 Å². The predicted molar refractivity (Wildman–Crippen MR) is 105 cm³/mol. The fraction of sp³-hybridized carbons (Fsp3) is 1.00. The quantitative estimate of drug-likeness (QED) is 0.212. The minimum absolute atomic E-state index is 0. The molecule has 0 aromatic heterocycles. The Morgan fingerprint density at radius 3 is 1.54 bits per heavy atom. The van der Waals surface area contributed by atoms with E-state index >= 15 is 0 Å². The van der Waals surface area contributed by atoms with E-state index in [9.17, 15) is 18.1 Å². The van der Waals surface area contributed by atoms with E-state index in [1.807, 2.05) is 0 Å². The van der Waals surface area contributed by atoms with Crippen molar-refractivity contribution in [1.29, 1.82) is 0 Å². The summed E-state index contributed by atoms with van der Waals surface area (Å²) in [6.45, 7) is 4.32. The van der Waals surface area contributed by atoms with Gasteiger partial charge in [0, 0.05) is 5.25 Å². The average molecular weight is 417 g/mol. The van der Waals surface area contributed by atoms with Crippen LogP contribution in [0.3, 0.4) is 0 Å². The molecule has 1 N–H and O–H groups in total. The van der Waals surface area contributed by atoms with Crippen LogP contribution in [0.15, 0.2) is 0 Å². The summed E-state index contributed by atoms with van der Waals surface area (Å²) in [5.41, 5.74) is 0. The Bertz CT molecular complexity index is 387. The van der Waals surface area contributed by atoms with Gasteiger partial charge in [0.25, 0.3) is 0 Å². The van der Waals surface area contributed by atoms with Crippen molar-refractivity contribution in [3.63, 3.8) is 0 Å². The Morgan fingerprint density at radius 1 is 0.692 bits per heavy atom. The number of aliphatic hydroxyl groups is 1. The monoisotopic (exact) mass is 416 g/mol. The molecule has 0 radical (unpaired) electrons. The molecular weight excluding hydrogens is 375 g/mol. The first-order valence-electron chi connectivity index (χ1n) is 10.5. The average Bonchev–Trinajstić information content (AvgIpc) is 2.55. The van der Waals surface area contributed by atoms with Crippen LogP contribution in [-0.4, -0.2) is 29.4 Å². The topological polar surface area (TPSA) is 77.4 Å². The molecule has 0 heterocycles. The van der Waals surface area contributed by atoms with E-state index in [1.165, 1.54) is 25.7 Å². The smallest absolute Gasteiger partial charge is 0.748 e. The van der Waals surface area contributed by atoms with Crippen LogP contribution in [0.2, 0.25) is 0 Å². The standard InChI is InChI=1S/C20H42O4S.K/c1-3-5-7-8-9-13-17-20(25(22,23)24)18-14-10-12-16-19(21)15-11-6-4-2;/h19-21H,3-18H2,1-2H3,(H,22,23,24);/q;+1/p-1. The maximum Gasteiger partial charge on any atom is 1.00 e. The Labute approximate surface area is 205 Å². The Hall–Kier alpha value is 1.51. The molecule has 0 bridgehead atoms. The molecule has 0 aliphatic carbocycles. The van der Waals surface area contributed by atoms with Crippen LogP contribution in [-0.2, 0) is 10.1 Å². The summed E-state index contributed by atoms with van der Waals surface area (Å²) in [5.74, 6) is 0. The van der Waals surface area contributed by atoms with Crippen molar-refractivity contribution in [3.8, 4) is 0 Å². The third-order valence-corrected chi connectivity index (χ3v) is 6.28. The summed E-state index contributed by atoms with van der Waals surface area (Å²) >= 11 is 0. The molecule has 4 nitrogen and oxygen atoms in total. The fourth-order valence-corrected chi connectivity index (χ4v) is 4.20. The summed E-state index contributed by atoms with van der Waals surface area (Å²) in [7, 11) is -4.18. The van der Waals surface area contributed by atoms with Crippen molar-refractivity contribution in [3.05, 3.63) is 0 Å². The van der Waals surface area contributed by atoms with E-state index in [0.717, 1.165) is 64.2 Å². The molecule has 26 heavy (non-hydrogen) atoms. The molecule has 0 amide bonds. The number of aliphatic hydroxyl groups excluding tert-OH is 1. The van der Waals surface area contributed by atoms with Crippen molar-refractivity contribution in [2.24, 2.45) is 0 Å². The normalized spacial score (nSPS) is 14.0. The van der Waals surface area contributed by atoms with Crippen LogP contribution >= 0.6 is 0 Å². The second-order valence-corrected chi connectivity index (χ2v) is 9.11. The number of hydrogen-bond donors (Lipinski definition) is 1. The fourth-order valence-electron chi connectivity index (χ4n) is 3.29. The van der Waals surface area contributed by atoms with Crippen LogP contribution < -0.4 is 51.4 Å². The zero-order chi connectivity index (χ0) is 19.0. The summed E-state index contributed by atoms with van der Waals surface area (Å²) in [6, 6.07) is 0. The van der Waals surface area contributed by atoms with Gasteiger partial charge in [0.1, 0.15) is 0 Å². The molecule has 0 saturated heterocycles. The van der Waals surface area contributed by atoms with Gasteiger partial charge >= 0.3 is 51.4 Å². The van der Waals surface area contributed by atoms with Gasteiger partial charge in [0.15, 0.2) is 0 Å². The molecule has 0 fully saturated rings. The molecule has 2 unspecified atom stereocenters. The predicted octanol–water partition coefficient (Wildman–Crippen LogP) is 2.55. The summed E-state index contributed by atoms with van der Waals surface area (Å²) in [4.78, 5) is 0. The Balaban J connectivity index is 0. The van der Waals surface area contributed by atoms with Crippen LogP contribution in [0, 0.1) is 0 Å². The van der Waals surface area contributed by atoms with E-state index in [-0.39, 0.29) is 57.5 Å². The van der Waals surface area contributed by atoms with Crippen LogP contribution in [0.4, 0.5) is 0 Å². The van der Waals surface area contributed by atoms with Gasteiger partial charge < -0.3 is 9.66 Å². The van der Waals surface area contributed by atoms with Crippen molar-refractivity contribution in [2.45, 2.75) is 128 Å². The van der Waals surface area contributed by atoms with Gasteiger partial charge in [-0.25, -0.2) is 8.42 Å². The third-order valence-electron chi connectivity index (χ3n) is 4.99. The van der Waals surface area contributed by atoms with Gasteiger partial charge in [-0.15, -0.1) is 0 Å². The SMILES string of the molecule is CCCCCCCCC(CCCCCC(O)CCCCC)S(=O)(=O)[O-].[K+]. The maximum absolute atomic E-state index is 11.4. The van der Waals surface area contributed by atoms with E-state index in [1.54, 1.807) is 0 Å². The first-order valence-corrected chi connectivity index (χ1v) is 12.0. The summed E-state index contributed by atoms with van der Waals surface area (Å²) < 4.78 is 34.3. The van der Waals surface area contributed by atoms with Crippen molar-refractivity contribution >= 4 is 10.1 Å². The maximum atomic E-state index is 11.4. The third kappa shape index (κ3) is 18.9. The zero-order valence-electron chi connectivity index (χ0n) is 17.5. The number of unbranched alkanes of at least 4 members (excludes halogenated alkanes) is 9. The number of hydrogen-bond acceptors (Lipinski definition) is 4. The molecular formula is C20H41KO4S. The van der Waals surface area contributed by atoms with E-state index < -0.39 is 15.4 Å². The van der Waals surface area contributed by atoms with Gasteiger partial charge in [0.05, 0.1) is 16.2 Å². The number of rotatable bonds is 18. The largest absolute Gasteiger partial charge is 1.00 e. The van der Waals surface area contributed by atoms with Crippen molar-refractivity contribution < 1.29 is 69.5 Å². The molecule has 2 atom stereocenters. The van der Waals surface area contributed by atoms with Crippen molar-refractivity contribution in [2.75, 3.05) is 0 Å². The van der Waals surface area contributed by atoms with E-state index in [4.69, 9.17) is 0 Å².